The normalized spacial score (nSPS) is 28.3. The van der Waals surface area contributed by atoms with E-state index in [1.807, 2.05) is 24.3 Å². The first-order valence-corrected chi connectivity index (χ1v) is 9.48. The first-order chi connectivity index (χ1) is 9.81. The average Bonchev–Trinajstić information content (AvgIpc) is 3.11. The van der Waals surface area contributed by atoms with Crippen LogP contribution in [0.3, 0.4) is 0 Å². The Morgan fingerprint density at radius 3 is 2.43 bits per heavy atom. The second kappa shape index (κ2) is 5.95. The summed E-state index contributed by atoms with van der Waals surface area (Å²) in [5.41, 5.74) is 6.02. The Labute approximate surface area is 139 Å². The van der Waals surface area contributed by atoms with Gasteiger partial charge in [-0.3, -0.25) is 0 Å². The zero-order valence-corrected chi connectivity index (χ0v) is 15.1. The molecular formula is C14H18BrNO3S2. The first-order valence-electron chi connectivity index (χ1n) is 6.57. The topological polar surface area (TPSA) is 69.4 Å². The third kappa shape index (κ3) is 2.76. The molecule has 4 nitrogen and oxygen atoms in total. The smallest absolute Gasteiger partial charge is 0.154 e. The van der Waals surface area contributed by atoms with Crippen molar-refractivity contribution in [3.05, 3.63) is 34.3 Å². The number of halogens is 1. The highest BCUT2D eigenvalue weighted by atomic mass is 79.9. The molecule has 1 aromatic carbocycles. The van der Waals surface area contributed by atoms with Gasteiger partial charge in [-0.1, -0.05) is 47.2 Å². The molecule has 0 aromatic heterocycles. The fraction of sp³-hybridized carbons (Fsp3) is 0.500. The van der Waals surface area contributed by atoms with Gasteiger partial charge < -0.3 is 10.5 Å². The van der Waals surface area contributed by atoms with E-state index in [0.29, 0.717) is 0 Å². The van der Waals surface area contributed by atoms with Gasteiger partial charge in [-0.2, -0.15) is 0 Å². The molecule has 2 rings (SSSR count). The van der Waals surface area contributed by atoms with Gasteiger partial charge in [0.2, 0.25) is 0 Å². The van der Waals surface area contributed by atoms with E-state index in [2.05, 4.69) is 15.9 Å². The minimum Gasteiger partial charge on any atom is -0.393 e. The van der Waals surface area contributed by atoms with Crippen LogP contribution in [-0.4, -0.2) is 38.1 Å². The molecule has 0 aliphatic heterocycles. The number of hydrogen-bond donors (Lipinski definition) is 1. The Bertz CT molecular complexity index is 645. The van der Waals surface area contributed by atoms with Crippen LogP contribution in [0.15, 0.2) is 28.7 Å². The van der Waals surface area contributed by atoms with Gasteiger partial charge in [-0.05, 0) is 17.7 Å². The highest BCUT2D eigenvalue weighted by Crippen LogP contribution is 2.63. The molecule has 1 aromatic rings. The number of hydrogen-bond acceptors (Lipinski definition) is 4. The van der Waals surface area contributed by atoms with E-state index in [9.17, 15) is 8.42 Å². The molecule has 0 saturated heterocycles. The summed E-state index contributed by atoms with van der Waals surface area (Å²) in [5.74, 6) is -0.174. The summed E-state index contributed by atoms with van der Waals surface area (Å²) in [6.45, 7) is 1.86. The van der Waals surface area contributed by atoms with E-state index < -0.39 is 20.5 Å². The molecule has 0 radical (unpaired) electrons. The number of nitrogens with two attached hydrogens (primary N) is 1. The van der Waals surface area contributed by atoms with E-state index >= 15 is 0 Å². The first kappa shape index (κ1) is 16.9. The summed E-state index contributed by atoms with van der Waals surface area (Å²) in [6.07, 6.45) is 0. The number of methoxy groups -OCH3 is 1. The van der Waals surface area contributed by atoms with Gasteiger partial charge >= 0.3 is 0 Å². The van der Waals surface area contributed by atoms with Crippen LogP contribution in [0, 0.1) is 5.41 Å². The van der Waals surface area contributed by atoms with Crippen LogP contribution in [0.1, 0.15) is 18.4 Å². The molecule has 21 heavy (non-hydrogen) atoms. The maximum atomic E-state index is 12.4. The van der Waals surface area contributed by atoms with Crippen molar-refractivity contribution in [2.75, 3.05) is 19.5 Å². The third-order valence-corrected chi connectivity index (χ3v) is 7.30. The molecule has 1 aliphatic rings. The third-order valence-electron chi connectivity index (χ3n) is 4.12. The summed E-state index contributed by atoms with van der Waals surface area (Å²) in [4.78, 5) is 0.208. The Kier molecular flexibility index (Phi) is 4.78. The van der Waals surface area contributed by atoms with Crippen molar-refractivity contribution in [1.29, 1.82) is 0 Å². The van der Waals surface area contributed by atoms with Crippen LogP contribution in [0.4, 0.5) is 0 Å². The second-order valence-corrected chi connectivity index (χ2v) is 9.01. The molecule has 1 aliphatic carbocycles. The van der Waals surface area contributed by atoms with Gasteiger partial charge in [-0.25, -0.2) is 8.42 Å². The molecule has 0 unspecified atom stereocenters. The molecule has 0 bridgehead atoms. The highest BCUT2D eigenvalue weighted by molar-refractivity contribution is 9.10. The van der Waals surface area contributed by atoms with Gasteiger partial charge in [0.25, 0.3) is 0 Å². The lowest BCUT2D eigenvalue weighted by molar-refractivity contribution is 0.166. The monoisotopic (exact) mass is 391 g/mol. The maximum Gasteiger partial charge on any atom is 0.154 e. The van der Waals surface area contributed by atoms with Gasteiger partial charge in [0.05, 0.1) is 22.3 Å². The van der Waals surface area contributed by atoms with Gasteiger partial charge in [-0.15, -0.1) is 0 Å². The fourth-order valence-corrected chi connectivity index (χ4v) is 5.76. The van der Waals surface area contributed by atoms with Crippen molar-refractivity contribution in [2.24, 2.45) is 11.1 Å². The van der Waals surface area contributed by atoms with Crippen molar-refractivity contribution >= 4 is 43.0 Å². The molecule has 1 saturated carbocycles. The van der Waals surface area contributed by atoms with E-state index in [1.165, 1.54) is 7.11 Å². The summed E-state index contributed by atoms with van der Waals surface area (Å²) >= 11 is 8.56. The highest BCUT2D eigenvalue weighted by Gasteiger charge is 2.72. The summed E-state index contributed by atoms with van der Waals surface area (Å²) in [6, 6.07) is 7.59. The standard InChI is InChI=1S/C14H18BrNO3S2/c1-3-21(17,18)12-11(9-4-6-10(15)7-5-9)14(12,8-19-2)13(16)20/h4-7,11-12H,3,8H2,1-2H3,(H2,16,20)/t11-,12-,14+/m0/s1. The largest absolute Gasteiger partial charge is 0.393 e. The minimum absolute atomic E-state index is 0.0682. The SMILES string of the molecule is CCS(=O)(=O)[C@H]1[C@H](c2ccc(Br)cc2)[C@@]1(COC)C(N)=S. The molecule has 0 heterocycles. The second-order valence-electron chi connectivity index (χ2n) is 5.24. The molecular weight excluding hydrogens is 374 g/mol. The van der Waals surface area contributed by atoms with Crippen molar-refractivity contribution in [1.82, 2.24) is 0 Å². The van der Waals surface area contributed by atoms with Crippen molar-refractivity contribution in [3.8, 4) is 0 Å². The average molecular weight is 392 g/mol. The molecule has 0 spiro atoms. The van der Waals surface area contributed by atoms with Crippen LogP contribution in [0.5, 0.6) is 0 Å². The number of benzene rings is 1. The summed E-state index contributed by atoms with van der Waals surface area (Å²) in [7, 11) is -1.73. The molecule has 3 atom stereocenters. The van der Waals surface area contributed by atoms with Gasteiger partial charge in [0, 0.05) is 23.3 Å². The van der Waals surface area contributed by atoms with Crippen molar-refractivity contribution in [2.45, 2.75) is 18.1 Å². The van der Waals surface area contributed by atoms with Crippen molar-refractivity contribution < 1.29 is 13.2 Å². The maximum absolute atomic E-state index is 12.4. The molecule has 0 amide bonds. The molecule has 1 fully saturated rings. The van der Waals surface area contributed by atoms with Crippen LogP contribution >= 0.6 is 28.1 Å². The van der Waals surface area contributed by atoms with E-state index in [4.69, 9.17) is 22.7 Å². The zero-order chi connectivity index (χ0) is 15.8. The summed E-state index contributed by atoms with van der Waals surface area (Å²) < 4.78 is 31.0. The Balaban J connectivity index is 2.51. The lowest BCUT2D eigenvalue weighted by atomic mass is 10.00. The lowest BCUT2D eigenvalue weighted by Crippen LogP contribution is -2.33. The predicted molar refractivity (Wildman–Crippen MR) is 91.2 cm³/mol. The number of rotatable bonds is 6. The van der Waals surface area contributed by atoms with E-state index in [1.54, 1.807) is 6.92 Å². The van der Waals surface area contributed by atoms with E-state index in [-0.39, 0.29) is 23.3 Å². The number of ether oxygens (including phenoxy) is 1. The van der Waals surface area contributed by atoms with Gasteiger partial charge in [0.1, 0.15) is 0 Å². The van der Waals surface area contributed by atoms with Crippen molar-refractivity contribution in [3.63, 3.8) is 0 Å². The molecule has 2 N–H and O–H groups in total. The van der Waals surface area contributed by atoms with Crippen LogP contribution in [0.25, 0.3) is 0 Å². The van der Waals surface area contributed by atoms with Crippen LogP contribution in [0.2, 0.25) is 0 Å². The predicted octanol–water partition coefficient (Wildman–Crippen LogP) is 2.27. The Morgan fingerprint density at radius 2 is 2.00 bits per heavy atom. The van der Waals surface area contributed by atoms with E-state index in [0.717, 1.165) is 10.0 Å². The van der Waals surface area contributed by atoms with Gasteiger partial charge in [0.15, 0.2) is 9.84 Å². The minimum atomic E-state index is -3.27. The quantitative estimate of drug-likeness (QED) is 0.753. The zero-order valence-electron chi connectivity index (χ0n) is 11.9. The number of sulfone groups is 1. The van der Waals surface area contributed by atoms with Crippen LogP contribution in [-0.2, 0) is 14.6 Å². The molecule has 7 heteroatoms. The Morgan fingerprint density at radius 1 is 1.43 bits per heavy atom. The Hall–Kier alpha value is -0.500. The lowest BCUT2D eigenvalue weighted by Gasteiger charge is -2.15. The fourth-order valence-electron chi connectivity index (χ4n) is 3.03. The summed E-state index contributed by atoms with van der Waals surface area (Å²) in [5, 5.41) is -0.603. The number of thiocarbonyl (C=S) groups is 1. The van der Waals surface area contributed by atoms with Crippen LogP contribution < -0.4 is 5.73 Å². The molecule has 116 valence electrons.